The molecule has 0 spiro atoms. The highest BCUT2D eigenvalue weighted by molar-refractivity contribution is 14.1. The first-order valence-electron chi connectivity index (χ1n) is 9.54. The van der Waals surface area contributed by atoms with E-state index < -0.39 is 5.60 Å². The molecule has 6 heteroatoms. The van der Waals surface area contributed by atoms with Crippen LogP contribution in [0.3, 0.4) is 0 Å². The van der Waals surface area contributed by atoms with Crippen molar-refractivity contribution in [1.82, 2.24) is 5.32 Å². The van der Waals surface area contributed by atoms with Gasteiger partial charge in [-0.05, 0) is 42.2 Å². The van der Waals surface area contributed by atoms with Crippen LogP contribution >= 0.6 is 22.6 Å². The van der Waals surface area contributed by atoms with Gasteiger partial charge in [-0.1, -0.05) is 59.0 Å². The Balaban J connectivity index is 1.33. The molecule has 1 aromatic carbocycles. The second kappa shape index (κ2) is 8.29. The maximum atomic E-state index is 14.4. The summed E-state index contributed by atoms with van der Waals surface area (Å²) in [6.45, 7) is 1.44. The van der Waals surface area contributed by atoms with Gasteiger partial charge in [0.1, 0.15) is 18.0 Å². The van der Waals surface area contributed by atoms with Crippen molar-refractivity contribution in [1.29, 1.82) is 0 Å². The molecule has 28 heavy (non-hydrogen) atoms. The first-order chi connectivity index (χ1) is 13.6. The van der Waals surface area contributed by atoms with Gasteiger partial charge in [-0.2, -0.15) is 0 Å². The Kier molecular flexibility index (Phi) is 5.78. The van der Waals surface area contributed by atoms with Gasteiger partial charge in [0, 0.05) is 17.5 Å². The fourth-order valence-corrected chi connectivity index (χ4v) is 4.20. The van der Waals surface area contributed by atoms with E-state index in [1.165, 1.54) is 5.57 Å². The Hall–Kier alpha value is -1.80. The first-order valence-corrected chi connectivity index (χ1v) is 11.1. The van der Waals surface area contributed by atoms with Gasteiger partial charge in [0.15, 0.2) is 5.88 Å². The number of dihydropyridines is 1. The maximum absolute atomic E-state index is 14.4. The number of fused-ring (bicyclic) bond motifs is 1. The second-order valence-corrected chi connectivity index (χ2v) is 8.25. The SMILES string of the molecule is OC1(COC2=CC=C3C=CC=CC3N2)CCN(c2ccc(CI)cc2F)CC1. The summed E-state index contributed by atoms with van der Waals surface area (Å²) in [6.07, 6.45) is 13.2. The number of benzene rings is 1. The Labute approximate surface area is 178 Å². The van der Waals surface area contributed by atoms with E-state index in [0.717, 1.165) is 9.99 Å². The number of rotatable bonds is 5. The number of hydrogen-bond donors (Lipinski definition) is 2. The molecular formula is C22H24FIN2O2. The molecule has 1 aromatic rings. The molecule has 4 rings (SSSR count). The van der Waals surface area contributed by atoms with E-state index in [1.807, 2.05) is 41.3 Å². The lowest BCUT2D eigenvalue weighted by Crippen LogP contribution is -2.48. The molecule has 1 fully saturated rings. The molecule has 1 saturated heterocycles. The van der Waals surface area contributed by atoms with E-state index >= 15 is 0 Å². The van der Waals surface area contributed by atoms with Gasteiger partial charge in [0.05, 0.1) is 11.7 Å². The lowest BCUT2D eigenvalue weighted by molar-refractivity contribution is -0.0466. The molecule has 0 bridgehead atoms. The van der Waals surface area contributed by atoms with Crippen LogP contribution in [0.5, 0.6) is 0 Å². The van der Waals surface area contributed by atoms with Crippen molar-refractivity contribution in [3.63, 3.8) is 0 Å². The molecule has 4 nitrogen and oxygen atoms in total. The van der Waals surface area contributed by atoms with Crippen molar-refractivity contribution >= 4 is 28.3 Å². The van der Waals surface area contributed by atoms with Crippen LogP contribution < -0.4 is 10.2 Å². The third kappa shape index (κ3) is 4.27. The summed E-state index contributed by atoms with van der Waals surface area (Å²) >= 11 is 2.23. The molecule has 148 valence electrons. The van der Waals surface area contributed by atoms with Gasteiger partial charge in [0.2, 0.25) is 0 Å². The monoisotopic (exact) mass is 494 g/mol. The van der Waals surface area contributed by atoms with Crippen molar-refractivity contribution in [2.75, 3.05) is 24.6 Å². The minimum Gasteiger partial charge on any atom is -0.476 e. The molecule has 1 atom stereocenters. The Morgan fingerprint density at radius 3 is 2.82 bits per heavy atom. The molecular weight excluding hydrogens is 470 g/mol. The third-order valence-corrected chi connectivity index (χ3v) is 6.37. The number of nitrogens with one attached hydrogen (secondary N) is 1. The molecule has 0 aromatic heterocycles. The lowest BCUT2D eigenvalue weighted by atomic mass is 9.92. The van der Waals surface area contributed by atoms with Crippen molar-refractivity contribution in [2.45, 2.75) is 28.9 Å². The van der Waals surface area contributed by atoms with Gasteiger partial charge in [0.25, 0.3) is 0 Å². The predicted molar refractivity (Wildman–Crippen MR) is 118 cm³/mol. The molecule has 2 heterocycles. The highest BCUT2D eigenvalue weighted by atomic mass is 127. The van der Waals surface area contributed by atoms with Crippen molar-refractivity contribution < 1.29 is 14.2 Å². The van der Waals surface area contributed by atoms with E-state index in [9.17, 15) is 9.50 Å². The largest absolute Gasteiger partial charge is 0.476 e. The highest BCUT2D eigenvalue weighted by Crippen LogP contribution is 2.30. The fourth-order valence-electron chi connectivity index (χ4n) is 3.72. The van der Waals surface area contributed by atoms with Crippen LogP contribution in [-0.2, 0) is 9.16 Å². The normalized spacial score (nSPS) is 22.8. The zero-order chi connectivity index (χ0) is 19.6. The van der Waals surface area contributed by atoms with Crippen molar-refractivity contribution in [3.05, 3.63) is 77.5 Å². The van der Waals surface area contributed by atoms with Crippen LogP contribution in [-0.4, -0.2) is 36.4 Å². The van der Waals surface area contributed by atoms with Crippen LogP contribution in [0.4, 0.5) is 10.1 Å². The van der Waals surface area contributed by atoms with Crippen LogP contribution in [0.15, 0.2) is 66.1 Å². The summed E-state index contributed by atoms with van der Waals surface area (Å²) in [5, 5.41) is 14.2. The number of alkyl halides is 1. The van der Waals surface area contributed by atoms with E-state index in [-0.39, 0.29) is 18.5 Å². The number of piperidine rings is 1. The summed E-state index contributed by atoms with van der Waals surface area (Å²) < 4.78 is 21.0. The Bertz CT molecular complexity index is 854. The number of aliphatic hydroxyl groups is 1. The third-order valence-electron chi connectivity index (χ3n) is 5.48. The second-order valence-electron chi connectivity index (χ2n) is 7.48. The number of nitrogens with zero attached hydrogens (tertiary/aromatic N) is 1. The number of hydrogen-bond acceptors (Lipinski definition) is 4. The molecule has 1 aliphatic carbocycles. The Morgan fingerprint density at radius 1 is 1.25 bits per heavy atom. The summed E-state index contributed by atoms with van der Waals surface area (Å²) in [6, 6.07) is 5.53. The predicted octanol–water partition coefficient (Wildman–Crippen LogP) is 3.97. The van der Waals surface area contributed by atoms with Gasteiger partial charge >= 0.3 is 0 Å². The van der Waals surface area contributed by atoms with Crippen LogP contribution in [0, 0.1) is 5.82 Å². The number of anilines is 1. The van der Waals surface area contributed by atoms with Gasteiger partial charge in [-0.25, -0.2) is 4.39 Å². The van der Waals surface area contributed by atoms with E-state index in [2.05, 4.69) is 40.1 Å². The minimum absolute atomic E-state index is 0.120. The summed E-state index contributed by atoms with van der Waals surface area (Å²) in [4.78, 5) is 2.01. The van der Waals surface area contributed by atoms with E-state index in [4.69, 9.17) is 4.74 Å². The Morgan fingerprint density at radius 2 is 2.07 bits per heavy atom. The summed E-state index contributed by atoms with van der Waals surface area (Å²) in [5.74, 6) is 0.481. The fraction of sp³-hybridized carbons (Fsp3) is 0.364. The average Bonchev–Trinajstić information content (AvgIpc) is 2.73. The van der Waals surface area contributed by atoms with Gasteiger partial charge in [-0.3, -0.25) is 0 Å². The standard InChI is InChI=1S/C22H24FIN2O2/c23-18-13-16(14-24)5-7-20(18)26-11-9-22(27,10-12-26)15-28-21-8-6-17-3-1-2-4-19(17)25-21/h1-8,13,19,25,27H,9-12,14-15H2. The number of ether oxygens (including phenoxy) is 1. The molecule has 0 amide bonds. The number of halogens is 2. The molecule has 2 N–H and O–H groups in total. The number of allylic oxidation sites excluding steroid dienone is 4. The molecule has 1 unspecified atom stereocenters. The summed E-state index contributed by atoms with van der Waals surface area (Å²) in [5.41, 5.74) is 1.89. The van der Waals surface area contributed by atoms with Crippen LogP contribution in [0.1, 0.15) is 18.4 Å². The maximum Gasteiger partial charge on any atom is 0.187 e. The van der Waals surface area contributed by atoms with Crippen LogP contribution in [0.2, 0.25) is 0 Å². The lowest BCUT2D eigenvalue weighted by Gasteiger charge is -2.39. The van der Waals surface area contributed by atoms with E-state index in [0.29, 0.717) is 37.5 Å². The van der Waals surface area contributed by atoms with Gasteiger partial charge < -0.3 is 20.1 Å². The highest BCUT2D eigenvalue weighted by Gasteiger charge is 2.34. The van der Waals surface area contributed by atoms with E-state index in [1.54, 1.807) is 6.07 Å². The molecule has 2 aliphatic heterocycles. The first kappa shape index (κ1) is 19.5. The zero-order valence-electron chi connectivity index (χ0n) is 15.6. The zero-order valence-corrected chi connectivity index (χ0v) is 17.7. The smallest absolute Gasteiger partial charge is 0.187 e. The molecule has 3 aliphatic rings. The topological polar surface area (TPSA) is 44.7 Å². The van der Waals surface area contributed by atoms with Gasteiger partial charge in [-0.15, -0.1) is 0 Å². The molecule has 0 radical (unpaired) electrons. The van der Waals surface area contributed by atoms with Crippen molar-refractivity contribution in [2.24, 2.45) is 0 Å². The summed E-state index contributed by atoms with van der Waals surface area (Å²) in [7, 11) is 0. The average molecular weight is 494 g/mol. The van der Waals surface area contributed by atoms with Crippen LogP contribution in [0.25, 0.3) is 0 Å². The minimum atomic E-state index is -0.899. The molecule has 0 saturated carbocycles. The quantitative estimate of drug-likeness (QED) is 0.481. The van der Waals surface area contributed by atoms with Crippen molar-refractivity contribution in [3.8, 4) is 0 Å².